The molecule has 2 aliphatic rings. The van der Waals surface area contributed by atoms with E-state index >= 15 is 0 Å². The number of hydrogen-bond donors (Lipinski definition) is 0. The van der Waals surface area contributed by atoms with Crippen LogP contribution in [-0.4, -0.2) is 36.8 Å². The number of carbonyl (C=O) groups is 1. The lowest BCUT2D eigenvalue weighted by Crippen LogP contribution is -2.60. The van der Waals surface area contributed by atoms with Gasteiger partial charge in [-0.15, -0.1) is 0 Å². The molecule has 0 aromatic heterocycles. The van der Waals surface area contributed by atoms with Gasteiger partial charge in [-0.3, -0.25) is 0 Å². The van der Waals surface area contributed by atoms with Gasteiger partial charge < -0.3 is 14.4 Å². The number of halogens is 2. The summed E-state index contributed by atoms with van der Waals surface area (Å²) >= 11 is 0. The maximum atomic E-state index is 14.5. The summed E-state index contributed by atoms with van der Waals surface area (Å²) in [5, 5.41) is 0. The molecular weight excluding hydrogens is 340 g/mol. The van der Waals surface area contributed by atoms with Crippen molar-refractivity contribution in [2.45, 2.75) is 58.0 Å². The Morgan fingerprint density at radius 1 is 1.19 bits per heavy atom. The third-order valence-corrected chi connectivity index (χ3v) is 5.44. The largest absolute Gasteiger partial charge is 0.494 e. The highest BCUT2D eigenvalue weighted by Crippen LogP contribution is 2.49. The van der Waals surface area contributed by atoms with E-state index in [1.54, 1.807) is 4.90 Å². The van der Waals surface area contributed by atoms with E-state index in [-0.39, 0.29) is 23.2 Å². The third kappa shape index (κ3) is 3.79. The van der Waals surface area contributed by atoms with Gasteiger partial charge in [0.2, 0.25) is 0 Å². The van der Waals surface area contributed by atoms with Crippen LogP contribution in [0.4, 0.5) is 13.6 Å². The average molecular weight is 367 g/mol. The van der Waals surface area contributed by atoms with Gasteiger partial charge in [-0.2, -0.15) is 0 Å². The number of ether oxygens (including phenoxy) is 2. The Balaban J connectivity index is 1.60. The van der Waals surface area contributed by atoms with Crippen LogP contribution in [0.25, 0.3) is 0 Å². The molecule has 26 heavy (non-hydrogen) atoms. The van der Waals surface area contributed by atoms with Crippen molar-refractivity contribution < 1.29 is 23.0 Å². The van der Waals surface area contributed by atoms with Gasteiger partial charge in [0.15, 0.2) is 11.6 Å². The molecule has 1 amide bonds. The molecule has 144 valence electrons. The van der Waals surface area contributed by atoms with Crippen molar-refractivity contribution in [3.63, 3.8) is 0 Å². The number of methoxy groups -OCH3 is 1. The first-order valence-electron chi connectivity index (χ1n) is 9.13. The number of benzene rings is 1. The van der Waals surface area contributed by atoms with Gasteiger partial charge in [0.1, 0.15) is 11.4 Å². The minimum atomic E-state index is -0.495. The fraction of sp³-hybridized carbons (Fsp3) is 0.650. The lowest BCUT2D eigenvalue weighted by Gasteiger charge is -2.53. The maximum absolute atomic E-state index is 14.5. The number of carbonyl (C=O) groups excluding carboxylic acids is 1. The molecule has 1 aromatic rings. The Morgan fingerprint density at radius 2 is 1.81 bits per heavy atom. The zero-order valence-electron chi connectivity index (χ0n) is 15.9. The standard InChI is InChI=1S/C20H27F2NO3/c1-19(2,3)26-18(24)23-11-20(12-23)7-5-13(6-8-20)15-9-14(21)10-16(25-4)17(15)22/h9-10,13H,5-8,11-12H2,1-4H3. The van der Waals surface area contributed by atoms with Crippen molar-refractivity contribution in [1.29, 1.82) is 0 Å². The molecule has 2 fully saturated rings. The molecule has 0 atom stereocenters. The van der Waals surface area contributed by atoms with Crippen molar-refractivity contribution in [1.82, 2.24) is 4.90 Å². The fourth-order valence-electron chi connectivity index (χ4n) is 4.11. The summed E-state index contributed by atoms with van der Waals surface area (Å²) in [6, 6.07) is 2.36. The van der Waals surface area contributed by atoms with Gasteiger partial charge in [0, 0.05) is 24.6 Å². The van der Waals surface area contributed by atoms with Crippen molar-refractivity contribution in [2.24, 2.45) is 5.41 Å². The molecule has 1 aromatic carbocycles. The number of rotatable bonds is 2. The van der Waals surface area contributed by atoms with Crippen LogP contribution in [0.5, 0.6) is 5.75 Å². The molecule has 0 bridgehead atoms. The van der Waals surface area contributed by atoms with Crippen LogP contribution >= 0.6 is 0 Å². The SMILES string of the molecule is COc1cc(F)cc(C2CCC3(CC2)CN(C(=O)OC(C)(C)C)C3)c1F. The van der Waals surface area contributed by atoms with Gasteiger partial charge in [-0.1, -0.05) is 0 Å². The normalized spacial score (nSPS) is 20.0. The van der Waals surface area contributed by atoms with E-state index in [4.69, 9.17) is 9.47 Å². The molecule has 1 aliphatic carbocycles. The molecule has 1 spiro atoms. The van der Waals surface area contributed by atoms with E-state index in [1.807, 2.05) is 20.8 Å². The molecule has 6 heteroatoms. The third-order valence-electron chi connectivity index (χ3n) is 5.44. The molecule has 3 rings (SSSR count). The van der Waals surface area contributed by atoms with Crippen LogP contribution in [0.1, 0.15) is 57.9 Å². The summed E-state index contributed by atoms with van der Waals surface area (Å²) in [7, 11) is 1.34. The molecule has 0 radical (unpaired) electrons. The molecule has 4 nitrogen and oxygen atoms in total. The molecule has 1 saturated heterocycles. The second-order valence-electron chi connectivity index (χ2n) is 8.62. The summed E-state index contributed by atoms with van der Waals surface area (Å²) in [4.78, 5) is 13.8. The van der Waals surface area contributed by atoms with Gasteiger partial charge >= 0.3 is 6.09 Å². The number of amides is 1. The van der Waals surface area contributed by atoms with Crippen molar-refractivity contribution >= 4 is 6.09 Å². The van der Waals surface area contributed by atoms with E-state index in [2.05, 4.69) is 0 Å². The van der Waals surface area contributed by atoms with Gasteiger partial charge in [0.05, 0.1) is 7.11 Å². The molecule has 1 heterocycles. The highest BCUT2D eigenvalue weighted by Gasteiger charge is 2.48. The zero-order chi connectivity index (χ0) is 19.1. The summed E-state index contributed by atoms with van der Waals surface area (Å²) in [5.41, 5.74) is 0.00672. The minimum absolute atomic E-state index is 0.0131. The maximum Gasteiger partial charge on any atom is 0.410 e. The molecule has 1 saturated carbocycles. The first-order chi connectivity index (χ1) is 12.1. The number of hydrogen-bond acceptors (Lipinski definition) is 3. The predicted molar refractivity (Wildman–Crippen MR) is 94.4 cm³/mol. The number of nitrogens with zero attached hydrogens (tertiary/aromatic N) is 1. The van der Waals surface area contributed by atoms with Crippen molar-refractivity contribution in [2.75, 3.05) is 20.2 Å². The Kier molecular flexibility index (Phi) is 4.88. The van der Waals surface area contributed by atoms with E-state index in [9.17, 15) is 13.6 Å². The molecule has 0 unspecified atom stereocenters. The second kappa shape index (κ2) is 6.71. The predicted octanol–water partition coefficient (Wildman–Crippen LogP) is 4.87. The van der Waals surface area contributed by atoms with Crippen LogP contribution in [-0.2, 0) is 4.74 Å². The highest BCUT2D eigenvalue weighted by atomic mass is 19.1. The van der Waals surface area contributed by atoms with Gasteiger partial charge in [-0.25, -0.2) is 13.6 Å². The van der Waals surface area contributed by atoms with E-state index in [0.717, 1.165) is 31.7 Å². The zero-order valence-corrected chi connectivity index (χ0v) is 15.9. The Morgan fingerprint density at radius 3 is 2.35 bits per heavy atom. The van der Waals surface area contributed by atoms with Crippen LogP contribution in [0.2, 0.25) is 0 Å². The lowest BCUT2D eigenvalue weighted by atomic mass is 9.65. The van der Waals surface area contributed by atoms with Crippen molar-refractivity contribution in [3.05, 3.63) is 29.3 Å². The average Bonchev–Trinajstić information content (AvgIpc) is 2.53. The fourth-order valence-corrected chi connectivity index (χ4v) is 4.11. The van der Waals surface area contributed by atoms with Crippen molar-refractivity contribution in [3.8, 4) is 5.75 Å². The van der Waals surface area contributed by atoms with E-state index in [1.165, 1.54) is 13.2 Å². The highest BCUT2D eigenvalue weighted by molar-refractivity contribution is 5.69. The van der Waals surface area contributed by atoms with Crippen LogP contribution in [0, 0.1) is 17.0 Å². The van der Waals surface area contributed by atoms with Crippen LogP contribution in [0.15, 0.2) is 12.1 Å². The van der Waals surface area contributed by atoms with Crippen LogP contribution in [0.3, 0.4) is 0 Å². The van der Waals surface area contributed by atoms with Crippen LogP contribution < -0.4 is 4.74 Å². The first kappa shape index (κ1) is 18.9. The lowest BCUT2D eigenvalue weighted by molar-refractivity contribution is -0.0507. The minimum Gasteiger partial charge on any atom is -0.494 e. The molecule has 0 N–H and O–H groups in total. The Labute approximate surface area is 153 Å². The molecular formula is C20H27F2NO3. The summed E-state index contributed by atoms with van der Waals surface area (Å²) < 4.78 is 38.6. The molecule has 1 aliphatic heterocycles. The first-order valence-corrected chi connectivity index (χ1v) is 9.13. The quantitative estimate of drug-likeness (QED) is 0.749. The summed E-state index contributed by atoms with van der Waals surface area (Å²) in [6.07, 6.45) is 3.09. The van der Waals surface area contributed by atoms with Gasteiger partial charge in [-0.05, 0) is 64.0 Å². The number of likely N-dealkylation sites (tertiary alicyclic amines) is 1. The smallest absolute Gasteiger partial charge is 0.410 e. The Bertz CT molecular complexity index is 683. The topological polar surface area (TPSA) is 38.8 Å². The van der Waals surface area contributed by atoms with Gasteiger partial charge in [0.25, 0.3) is 0 Å². The Hall–Kier alpha value is -1.85. The van der Waals surface area contributed by atoms with E-state index in [0.29, 0.717) is 18.7 Å². The summed E-state index contributed by atoms with van der Waals surface area (Å²) in [5.74, 6) is -0.988. The monoisotopic (exact) mass is 367 g/mol. The van der Waals surface area contributed by atoms with E-state index < -0.39 is 17.2 Å². The summed E-state index contributed by atoms with van der Waals surface area (Å²) in [6.45, 7) is 6.93. The second-order valence-corrected chi connectivity index (χ2v) is 8.62.